The van der Waals surface area contributed by atoms with Crippen LogP contribution in [0.1, 0.15) is 12.0 Å². The zero-order valence-corrected chi connectivity index (χ0v) is 14.7. The SMILES string of the molecule is O=CO.OC[C@@]1(Cc2ccccc2)CN(CCn2cnnc2)CC[C@@H]1O. The van der Waals surface area contributed by atoms with E-state index in [-0.39, 0.29) is 13.1 Å². The second kappa shape index (κ2) is 10.0. The van der Waals surface area contributed by atoms with Crippen molar-refractivity contribution in [3.63, 3.8) is 0 Å². The molecule has 26 heavy (non-hydrogen) atoms. The van der Waals surface area contributed by atoms with E-state index >= 15 is 0 Å². The van der Waals surface area contributed by atoms with Gasteiger partial charge in [0.05, 0.1) is 12.7 Å². The average Bonchev–Trinajstić information content (AvgIpc) is 3.17. The lowest BCUT2D eigenvalue weighted by molar-refractivity contribution is -0.122. The maximum Gasteiger partial charge on any atom is 0.290 e. The van der Waals surface area contributed by atoms with E-state index in [1.807, 2.05) is 22.8 Å². The third kappa shape index (κ3) is 5.35. The van der Waals surface area contributed by atoms with Gasteiger partial charge in [0.15, 0.2) is 0 Å². The minimum Gasteiger partial charge on any atom is -0.483 e. The van der Waals surface area contributed by atoms with Crippen molar-refractivity contribution in [1.29, 1.82) is 0 Å². The number of benzene rings is 1. The Labute approximate surface area is 152 Å². The number of piperidine rings is 1. The number of aliphatic hydroxyl groups excluding tert-OH is 2. The van der Waals surface area contributed by atoms with Crippen molar-refractivity contribution in [2.45, 2.75) is 25.5 Å². The molecule has 0 bridgehead atoms. The number of rotatable bonds is 6. The fourth-order valence-corrected chi connectivity index (χ4v) is 3.41. The molecule has 0 unspecified atom stereocenters. The molecule has 0 amide bonds. The number of carbonyl (C=O) groups is 1. The fourth-order valence-electron chi connectivity index (χ4n) is 3.41. The second-order valence-electron chi connectivity index (χ2n) is 6.57. The van der Waals surface area contributed by atoms with Crippen LogP contribution >= 0.6 is 0 Å². The highest BCUT2D eigenvalue weighted by atomic mass is 16.3. The van der Waals surface area contributed by atoms with Crippen LogP contribution in [-0.2, 0) is 17.8 Å². The van der Waals surface area contributed by atoms with E-state index in [1.165, 1.54) is 0 Å². The Morgan fingerprint density at radius 1 is 1.19 bits per heavy atom. The molecule has 8 heteroatoms. The molecule has 1 saturated heterocycles. The summed E-state index contributed by atoms with van der Waals surface area (Å²) in [7, 11) is 0. The van der Waals surface area contributed by atoms with Crippen molar-refractivity contribution in [2.75, 3.05) is 26.2 Å². The second-order valence-corrected chi connectivity index (χ2v) is 6.57. The van der Waals surface area contributed by atoms with Crippen molar-refractivity contribution in [3.05, 3.63) is 48.5 Å². The minimum atomic E-state index is -0.493. The first-order chi connectivity index (χ1) is 12.6. The molecule has 3 N–H and O–H groups in total. The molecular formula is C18H26N4O4. The van der Waals surface area contributed by atoms with Gasteiger partial charge in [-0.15, -0.1) is 10.2 Å². The van der Waals surface area contributed by atoms with Gasteiger partial charge < -0.3 is 24.8 Å². The zero-order valence-electron chi connectivity index (χ0n) is 14.7. The third-order valence-corrected chi connectivity index (χ3v) is 4.82. The predicted octanol–water partition coefficient (Wildman–Crippen LogP) is 0.267. The molecule has 1 aromatic carbocycles. The van der Waals surface area contributed by atoms with Gasteiger partial charge in [-0.05, 0) is 18.4 Å². The number of carboxylic acid groups (broad SMARTS) is 1. The Morgan fingerprint density at radius 2 is 1.85 bits per heavy atom. The molecule has 0 aliphatic carbocycles. The molecule has 1 aromatic heterocycles. The first kappa shape index (κ1) is 20.0. The number of aromatic nitrogens is 3. The van der Waals surface area contributed by atoms with Gasteiger partial charge in [-0.1, -0.05) is 30.3 Å². The lowest BCUT2D eigenvalue weighted by Crippen LogP contribution is -2.55. The number of likely N-dealkylation sites (tertiary alicyclic amines) is 1. The molecule has 0 spiro atoms. The first-order valence-electron chi connectivity index (χ1n) is 8.59. The van der Waals surface area contributed by atoms with Crippen molar-refractivity contribution in [2.24, 2.45) is 5.41 Å². The van der Waals surface area contributed by atoms with Crippen LogP contribution in [0.5, 0.6) is 0 Å². The monoisotopic (exact) mass is 362 g/mol. The smallest absolute Gasteiger partial charge is 0.290 e. The molecule has 8 nitrogen and oxygen atoms in total. The molecular weight excluding hydrogens is 336 g/mol. The van der Waals surface area contributed by atoms with E-state index in [0.29, 0.717) is 19.4 Å². The summed E-state index contributed by atoms with van der Waals surface area (Å²) < 4.78 is 1.95. The lowest BCUT2D eigenvalue weighted by atomic mass is 9.73. The predicted molar refractivity (Wildman–Crippen MR) is 95.4 cm³/mol. The van der Waals surface area contributed by atoms with E-state index in [4.69, 9.17) is 9.90 Å². The largest absolute Gasteiger partial charge is 0.483 e. The standard InChI is InChI=1S/C17H24N4O2.CH2O2/c22-12-17(10-15-4-2-1-3-5-15)11-20(7-6-16(17)23)8-9-21-13-18-19-14-21;2-1-3/h1-5,13-14,16,22-23H,6-12H2;1H,(H,2,3)/t16-,17+;/m0./s1. The summed E-state index contributed by atoms with van der Waals surface area (Å²) in [5.74, 6) is 0. The minimum absolute atomic E-state index is 0.00775. The zero-order chi connectivity index (χ0) is 18.8. The highest BCUT2D eigenvalue weighted by molar-refractivity contribution is 5.32. The van der Waals surface area contributed by atoms with E-state index in [0.717, 1.165) is 25.2 Å². The lowest BCUT2D eigenvalue weighted by Gasteiger charge is -2.45. The van der Waals surface area contributed by atoms with Crippen LogP contribution < -0.4 is 0 Å². The van der Waals surface area contributed by atoms with Gasteiger partial charge in [-0.25, -0.2) is 0 Å². The molecule has 2 atom stereocenters. The molecule has 1 fully saturated rings. The van der Waals surface area contributed by atoms with Gasteiger partial charge in [0.25, 0.3) is 6.47 Å². The summed E-state index contributed by atoms with van der Waals surface area (Å²) in [5.41, 5.74) is 0.661. The van der Waals surface area contributed by atoms with E-state index < -0.39 is 11.5 Å². The van der Waals surface area contributed by atoms with Gasteiger partial charge in [-0.2, -0.15) is 0 Å². The highest BCUT2D eigenvalue weighted by Crippen LogP contribution is 2.33. The Bertz CT molecular complexity index is 638. The van der Waals surface area contributed by atoms with Gasteiger partial charge in [0.2, 0.25) is 0 Å². The van der Waals surface area contributed by atoms with Gasteiger partial charge >= 0.3 is 0 Å². The summed E-state index contributed by atoms with van der Waals surface area (Å²) in [6, 6.07) is 10.1. The van der Waals surface area contributed by atoms with Crippen LogP contribution in [0.25, 0.3) is 0 Å². The molecule has 2 aromatic rings. The number of aliphatic hydroxyl groups is 2. The van der Waals surface area contributed by atoms with Crippen molar-refractivity contribution in [1.82, 2.24) is 19.7 Å². The summed E-state index contributed by atoms with van der Waals surface area (Å²) >= 11 is 0. The van der Waals surface area contributed by atoms with Crippen LogP contribution in [0, 0.1) is 5.41 Å². The Hall–Kier alpha value is -2.29. The van der Waals surface area contributed by atoms with Gasteiger partial charge in [-0.3, -0.25) is 4.79 Å². The van der Waals surface area contributed by atoms with Crippen LogP contribution in [0.4, 0.5) is 0 Å². The summed E-state index contributed by atoms with van der Waals surface area (Å²) in [6.07, 6.45) is 4.33. The molecule has 142 valence electrons. The summed E-state index contributed by atoms with van der Waals surface area (Å²) in [5, 5.41) is 35.1. The van der Waals surface area contributed by atoms with E-state index in [1.54, 1.807) is 12.7 Å². The maximum absolute atomic E-state index is 10.5. The Balaban J connectivity index is 0.000000758. The molecule has 1 aliphatic heterocycles. The normalized spacial score (nSPS) is 23.1. The Kier molecular flexibility index (Phi) is 7.71. The fraction of sp³-hybridized carbons (Fsp3) is 0.500. The average molecular weight is 362 g/mol. The topological polar surface area (TPSA) is 112 Å². The molecule has 3 rings (SSSR count). The number of nitrogens with zero attached hydrogens (tertiary/aromatic N) is 4. The highest BCUT2D eigenvalue weighted by Gasteiger charge is 2.42. The maximum atomic E-state index is 10.5. The Morgan fingerprint density at radius 3 is 2.46 bits per heavy atom. The summed E-state index contributed by atoms with van der Waals surface area (Å²) in [6.45, 7) is 2.96. The molecule has 2 heterocycles. The molecule has 0 saturated carbocycles. The van der Waals surface area contributed by atoms with E-state index in [2.05, 4.69) is 27.2 Å². The quantitative estimate of drug-likeness (QED) is 0.632. The van der Waals surface area contributed by atoms with Crippen LogP contribution in [0.15, 0.2) is 43.0 Å². The van der Waals surface area contributed by atoms with Crippen LogP contribution in [0.3, 0.4) is 0 Å². The summed E-state index contributed by atoms with van der Waals surface area (Å²) in [4.78, 5) is 10.7. The molecule has 0 radical (unpaired) electrons. The first-order valence-corrected chi connectivity index (χ1v) is 8.59. The van der Waals surface area contributed by atoms with E-state index in [9.17, 15) is 10.2 Å². The van der Waals surface area contributed by atoms with Crippen molar-refractivity contribution < 1.29 is 20.1 Å². The van der Waals surface area contributed by atoms with Crippen molar-refractivity contribution >= 4 is 6.47 Å². The third-order valence-electron chi connectivity index (χ3n) is 4.82. The van der Waals surface area contributed by atoms with Crippen LogP contribution in [0.2, 0.25) is 0 Å². The number of hydrogen-bond donors (Lipinski definition) is 3. The van der Waals surface area contributed by atoms with Gasteiger partial charge in [0.1, 0.15) is 12.7 Å². The van der Waals surface area contributed by atoms with Gasteiger partial charge in [0, 0.05) is 31.6 Å². The van der Waals surface area contributed by atoms with Crippen molar-refractivity contribution in [3.8, 4) is 0 Å². The van der Waals surface area contributed by atoms with Crippen LogP contribution in [-0.4, -0.2) is 73.8 Å². The molecule has 1 aliphatic rings. The number of hydrogen-bond acceptors (Lipinski definition) is 6.